The predicted molar refractivity (Wildman–Crippen MR) is 96.2 cm³/mol. The number of rotatable bonds is 6. The van der Waals surface area contributed by atoms with Crippen molar-refractivity contribution in [1.82, 2.24) is 5.32 Å². The summed E-state index contributed by atoms with van der Waals surface area (Å²) in [5, 5.41) is 22.5. The molecule has 2 aromatic carbocycles. The molecule has 0 unspecified atom stereocenters. The second-order valence-electron chi connectivity index (χ2n) is 5.13. The van der Waals surface area contributed by atoms with E-state index < -0.39 is 5.91 Å². The summed E-state index contributed by atoms with van der Waals surface area (Å²) < 4.78 is 5.28. The fourth-order valence-corrected chi connectivity index (χ4v) is 2.21. The molecule has 5 nitrogen and oxygen atoms in total. The number of benzene rings is 2. The average Bonchev–Trinajstić information content (AvgIpc) is 2.60. The molecule has 0 fully saturated rings. The van der Waals surface area contributed by atoms with E-state index in [-0.39, 0.29) is 17.9 Å². The normalized spacial score (nSPS) is 10.8. The maximum absolute atomic E-state index is 12.2. The molecule has 1 amide bonds. The fourth-order valence-electron chi connectivity index (χ4n) is 2.09. The van der Waals surface area contributed by atoms with E-state index in [9.17, 15) is 15.2 Å². The van der Waals surface area contributed by atoms with Gasteiger partial charge in [0.1, 0.15) is 23.1 Å². The van der Waals surface area contributed by atoms with Gasteiger partial charge in [0.25, 0.3) is 5.91 Å². The van der Waals surface area contributed by atoms with Crippen LogP contribution in [0.4, 0.5) is 0 Å². The molecule has 25 heavy (non-hydrogen) atoms. The summed E-state index contributed by atoms with van der Waals surface area (Å²) in [6.45, 7) is 2.58. The highest BCUT2D eigenvalue weighted by molar-refractivity contribution is 6.30. The van der Waals surface area contributed by atoms with Gasteiger partial charge in [-0.1, -0.05) is 23.7 Å². The van der Waals surface area contributed by atoms with Crippen molar-refractivity contribution >= 4 is 23.6 Å². The van der Waals surface area contributed by atoms with Crippen LogP contribution < -0.4 is 10.1 Å². The Kier molecular flexibility index (Phi) is 6.44. The molecule has 6 heteroatoms. The number of ether oxygens (including phenoxy) is 1. The molecular weight excluding hydrogens is 340 g/mol. The number of hydrogen-bond donors (Lipinski definition) is 2. The molecule has 0 saturated carbocycles. The van der Waals surface area contributed by atoms with E-state index in [1.165, 1.54) is 12.1 Å². The molecular formula is C19H17ClN2O3. The van der Waals surface area contributed by atoms with Crippen LogP contribution in [0.2, 0.25) is 5.02 Å². The van der Waals surface area contributed by atoms with Crippen molar-refractivity contribution in [2.45, 2.75) is 13.5 Å². The van der Waals surface area contributed by atoms with Gasteiger partial charge in [0.05, 0.1) is 6.61 Å². The number of halogens is 1. The number of nitrogens with zero attached hydrogens (tertiary/aromatic N) is 1. The summed E-state index contributed by atoms with van der Waals surface area (Å²) >= 11 is 5.81. The van der Waals surface area contributed by atoms with Crippen LogP contribution in [0.25, 0.3) is 6.08 Å². The Bertz CT molecular complexity index is 824. The highest BCUT2D eigenvalue weighted by Crippen LogP contribution is 2.25. The van der Waals surface area contributed by atoms with Gasteiger partial charge in [-0.05, 0) is 42.8 Å². The summed E-state index contributed by atoms with van der Waals surface area (Å²) in [5.74, 6) is -0.0715. The Morgan fingerprint density at radius 3 is 2.64 bits per heavy atom. The van der Waals surface area contributed by atoms with Crippen molar-refractivity contribution < 1.29 is 14.6 Å². The van der Waals surface area contributed by atoms with Crippen LogP contribution in [0.1, 0.15) is 18.1 Å². The molecule has 0 heterocycles. The lowest BCUT2D eigenvalue weighted by Gasteiger charge is -2.07. The molecule has 2 rings (SSSR count). The largest absolute Gasteiger partial charge is 0.507 e. The summed E-state index contributed by atoms with van der Waals surface area (Å²) in [4.78, 5) is 12.2. The highest BCUT2D eigenvalue weighted by Gasteiger charge is 2.11. The first-order valence-electron chi connectivity index (χ1n) is 7.63. The Labute approximate surface area is 151 Å². The molecule has 128 valence electrons. The second kappa shape index (κ2) is 8.76. The molecule has 0 spiro atoms. The maximum atomic E-state index is 12.2. The van der Waals surface area contributed by atoms with Gasteiger partial charge >= 0.3 is 0 Å². The van der Waals surface area contributed by atoms with E-state index in [4.69, 9.17) is 16.3 Å². The molecule has 0 bridgehead atoms. The lowest BCUT2D eigenvalue weighted by Crippen LogP contribution is -2.23. The second-order valence-corrected chi connectivity index (χ2v) is 5.57. The van der Waals surface area contributed by atoms with Gasteiger partial charge in [-0.25, -0.2) is 0 Å². The summed E-state index contributed by atoms with van der Waals surface area (Å²) in [6, 6.07) is 13.6. The number of aromatic hydroxyl groups is 1. The SMILES string of the molecule is CCOc1ccc(/C=C(/C#N)C(=O)NCc2ccc(Cl)cc2)c(O)c1. The molecule has 0 radical (unpaired) electrons. The topological polar surface area (TPSA) is 82.3 Å². The third-order valence-electron chi connectivity index (χ3n) is 3.34. The number of phenolic OH excluding ortho intramolecular Hbond substituents is 1. The summed E-state index contributed by atoms with van der Waals surface area (Å²) in [7, 11) is 0. The van der Waals surface area contributed by atoms with Crippen molar-refractivity contribution in [3.63, 3.8) is 0 Å². The minimum absolute atomic E-state index is 0.0656. The van der Waals surface area contributed by atoms with E-state index in [1.807, 2.05) is 13.0 Å². The van der Waals surface area contributed by atoms with Gasteiger partial charge in [0.2, 0.25) is 0 Å². The van der Waals surface area contributed by atoms with Crippen molar-refractivity contribution in [2.24, 2.45) is 0 Å². The lowest BCUT2D eigenvalue weighted by atomic mass is 10.1. The van der Waals surface area contributed by atoms with Gasteiger partial charge in [-0.3, -0.25) is 4.79 Å². The third-order valence-corrected chi connectivity index (χ3v) is 3.60. The average molecular weight is 357 g/mol. The van der Waals surface area contributed by atoms with Crippen molar-refractivity contribution in [1.29, 1.82) is 5.26 Å². The maximum Gasteiger partial charge on any atom is 0.262 e. The number of carbonyl (C=O) groups is 1. The molecule has 2 aromatic rings. The number of carbonyl (C=O) groups excluding carboxylic acids is 1. The minimum Gasteiger partial charge on any atom is -0.507 e. The van der Waals surface area contributed by atoms with Gasteiger partial charge in [0, 0.05) is 23.2 Å². The van der Waals surface area contributed by atoms with E-state index in [2.05, 4.69) is 5.32 Å². The highest BCUT2D eigenvalue weighted by atomic mass is 35.5. The van der Waals surface area contributed by atoms with Crippen LogP contribution in [0.3, 0.4) is 0 Å². The predicted octanol–water partition coefficient (Wildman–Crippen LogP) is 3.67. The number of nitriles is 1. The first-order valence-corrected chi connectivity index (χ1v) is 8.01. The standard InChI is InChI=1S/C19H17ClN2O3/c1-2-25-17-8-5-14(18(23)10-17)9-15(11-21)19(24)22-12-13-3-6-16(20)7-4-13/h3-10,23H,2,12H2,1H3,(H,22,24)/b15-9-. The third kappa shape index (κ3) is 5.27. The zero-order chi connectivity index (χ0) is 18.2. The first kappa shape index (κ1) is 18.4. The Hall–Kier alpha value is -2.97. The quantitative estimate of drug-likeness (QED) is 0.611. The molecule has 2 N–H and O–H groups in total. The van der Waals surface area contributed by atoms with Crippen molar-refractivity contribution in [2.75, 3.05) is 6.61 Å². The zero-order valence-electron chi connectivity index (χ0n) is 13.6. The van der Waals surface area contributed by atoms with Crippen LogP contribution in [0.15, 0.2) is 48.0 Å². The van der Waals surface area contributed by atoms with Crippen LogP contribution in [-0.2, 0) is 11.3 Å². The number of amides is 1. The monoisotopic (exact) mass is 356 g/mol. The van der Waals surface area contributed by atoms with E-state index >= 15 is 0 Å². The van der Waals surface area contributed by atoms with E-state index in [1.54, 1.807) is 36.4 Å². The summed E-state index contributed by atoms with van der Waals surface area (Å²) in [5.41, 5.74) is 1.12. The summed E-state index contributed by atoms with van der Waals surface area (Å²) in [6.07, 6.45) is 1.34. The molecule has 0 saturated heterocycles. The van der Waals surface area contributed by atoms with Gasteiger partial charge in [-0.2, -0.15) is 5.26 Å². The molecule has 0 aromatic heterocycles. The smallest absolute Gasteiger partial charge is 0.262 e. The number of phenols is 1. The fraction of sp³-hybridized carbons (Fsp3) is 0.158. The van der Waals surface area contributed by atoms with Gasteiger partial charge in [-0.15, -0.1) is 0 Å². The number of hydrogen-bond acceptors (Lipinski definition) is 4. The number of nitrogens with one attached hydrogen (secondary N) is 1. The van der Waals surface area contributed by atoms with Crippen molar-refractivity contribution in [3.05, 3.63) is 64.2 Å². The lowest BCUT2D eigenvalue weighted by molar-refractivity contribution is -0.117. The zero-order valence-corrected chi connectivity index (χ0v) is 14.4. The van der Waals surface area contributed by atoms with Gasteiger partial charge < -0.3 is 15.2 Å². The van der Waals surface area contributed by atoms with Crippen LogP contribution in [0.5, 0.6) is 11.5 Å². The molecule has 0 aliphatic rings. The van der Waals surface area contributed by atoms with E-state index in [0.717, 1.165) is 5.56 Å². The van der Waals surface area contributed by atoms with Gasteiger partial charge in [0.15, 0.2) is 0 Å². The molecule has 0 aliphatic heterocycles. The Morgan fingerprint density at radius 2 is 2.04 bits per heavy atom. The molecule has 0 atom stereocenters. The first-order chi connectivity index (χ1) is 12.0. The Balaban J connectivity index is 2.09. The van der Waals surface area contributed by atoms with Crippen LogP contribution >= 0.6 is 11.6 Å². The van der Waals surface area contributed by atoms with Crippen LogP contribution in [0, 0.1) is 11.3 Å². The molecule has 0 aliphatic carbocycles. The Morgan fingerprint density at radius 1 is 1.32 bits per heavy atom. The van der Waals surface area contributed by atoms with Crippen LogP contribution in [-0.4, -0.2) is 17.6 Å². The van der Waals surface area contributed by atoms with Crippen molar-refractivity contribution in [3.8, 4) is 17.6 Å². The van der Waals surface area contributed by atoms with E-state index in [0.29, 0.717) is 22.9 Å². The minimum atomic E-state index is -0.522.